The Labute approximate surface area is 141 Å². The van der Waals surface area contributed by atoms with Gasteiger partial charge in [-0.1, -0.05) is 17.8 Å². The Hall–Kier alpha value is -2.19. The zero-order chi connectivity index (χ0) is 15.9. The molecular weight excluding hydrogens is 332 g/mol. The zero-order valence-corrected chi connectivity index (χ0v) is 13.8. The number of thioether (sulfide) groups is 1. The van der Waals surface area contributed by atoms with Crippen molar-refractivity contribution < 1.29 is 9.21 Å². The average molecular weight is 346 g/mol. The van der Waals surface area contributed by atoms with Gasteiger partial charge in [0.1, 0.15) is 0 Å². The Bertz CT molecular complexity index is 744. The van der Waals surface area contributed by atoms with Gasteiger partial charge in [0.05, 0.1) is 11.3 Å². The van der Waals surface area contributed by atoms with Crippen LogP contribution in [0.25, 0.3) is 11.5 Å². The standard InChI is InChI=1S/C15H14N4O2S2/c20-13(17-7-5-12-4-2-8-22-12)10-23-15-19-18-14(21-15)11-3-1-6-16-9-11/h1-4,6,8-9H,5,7,10H2,(H,17,20). The van der Waals surface area contributed by atoms with E-state index in [-0.39, 0.29) is 11.7 Å². The number of nitrogens with one attached hydrogen (secondary N) is 1. The molecule has 0 atom stereocenters. The van der Waals surface area contributed by atoms with Crippen LogP contribution < -0.4 is 5.32 Å². The minimum atomic E-state index is -0.0484. The molecule has 0 saturated heterocycles. The predicted molar refractivity (Wildman–Crippen MR) is 89.3 cm³/mol. The van der Waals surface area contributed by atoms with Gasteiger partial charge in [-0.2, -0.15) is 0 Å². The van der Waals surface area contributed by atoms with Crippen molar-refractivity contribution in [3.63, 3.8) is 0 Å². The third kappa shape index (κ3) is 4.64. The SMILES string of the molecule is O=C(CSc1nnc(-c2cccnc2)o1)NCCc1cccs1. The smallest absolute Gasteiger partial charge is 0.277 e. The van der Waals surface area contributed by atoms with Crippen molar-refractivity contribution in [2.24, 2.45) is 0 Å². The molecule has 0 fully saturated rings. The topological polar surface area (TPSA) is 80.9 Å². The van der Waals surface area contributed by atoms with Crippen molar-refractivity contribution >= 4 is 29.0 Å². The summed E-state index contributed by atoms with van der Waals surface area (Å²) >= 11 is 2.91. The lowest BCUT2D eigenvalue weighted by Gasteiger charge is -2.02. The molecule has 23 heavy (non-hydrogen) atoms. The van der Waals surface area contributed by atoms with Crippen molar-refractivity contribution in [3.05, 3.63) is 46.9 Å². The van der Waals surface area contributed by atoms with Gasteiger partial charge in [-0.15, -0.1) is 21.5 Å². The lowest BCUT2D eigenvalue weighted by atomic mass is 10.3. The number of hydrogen-bond acceptors (Lipinski definition) is 7. The summed E-state index contributed by atoms with van der Waals surface area (Å²) in [7, 11) is 0. The minimum Gasteiger partial charge on any atom is -0.411 e. The van der Waals surface area contributed by atoms with Gasteiger partial charge in [-0.3, -0.25) is 9.78 Å². The van der Waals surface area contributed by atoms with Crippen molar-refractivity contribution in [2.45, 2.75) is 11.6 Å². The number of carbonyl (C=O) groups excluding carboxylic acids is 1. The third-order valence-electron chi connectivity index (χ3n) is 2.92. The molecule has 0 aromatic carbocycles. The van der Waals surface area contributed by atoms with E-state index < -0.39 is 0 Å². The fraction of sp³-hybridized carbons (Fsp3) is 0.200. The first-order valence-electron chi connectivity index (χ1n) is 6.97. The predicted octanol–water partition coefficient (Wildman–Crippen LogP) is 2.64. The van der Waals surface area contributed by atoms with Crippen LogP contribution in [0.3, 0.4) is 0 Å². The van der Waals surface area contributed by atoms with Crippen LogP contribution >= 0.6 is 23.1 Å². The molecule has 1 N–H and O–H groups in total. The van der Waals surface area contributed by atoms with Crippen LogP contribution in [0, 0.1) is 0 Å². The number of thiophene rings is 1. The van der Waals surface area contributed by atoms with E-state index >= 15 is 0 Å². The van der Waals surface area contributed by atoms with Crippen LogP contribution in [-0.2, 0) is 11.2 Å². The van der Waals surface area contributed by atoms with Crippen molar-refractivity contribution in [2.75, 3.05) is 12.3 Å². The number of pyridine rings is 1. The number of hydrogen-bond donors (Lipinski definition) is 1. The quantitative estimate of drug-likeness (QED) is 0.663. The van der Waals surface area contributed by atoms with Crippen molar-refractivity contribution in [1.82, 2.24) is 20.5 Å². The molecule has 0 aliphatic heterocycles. The molecule has 1 amide bonds. The van der Waals surface area contributed by atoms with Crippen LogP contribution in [-0.4, -0.2) is 33.4 Å². The van der Waals surface area contributed by atoms with Crippen molar-refractivity contribution in [3.8, 4) is 11.5 Å². The van der Waals surface area contributed by atoms with Gasteiger partial charge in [0, 0.05) is 23.8 Å². The lowest BCUT2D eigenvalue weighted by molar-refractivity contribution is -0.118. The Morgan fingerprint density at radius 1 is 1.30 bits per heavy atom. The van der Waals surface area contributed by atoms with E-state index in [1.54, 1.807) is 29.8 Å². The molecule has 0 bridgehead atoms. The molecule has 6 nitrogen and oxygen atoms in total. The van der Waals surface area contributed by atoms with E-state index in [9.17, 15) is 4.79 Å². The van der Waals surface area contributed by atoms with Gasteiger partial charge < -0.3 is 9.73 Å². The highest BCUT2D eigenvalue weighted by Crippen LogP contribution is 2.22. The van der Waals surface area contributed by atoms with Crippen molar-refractivity contribution in [1.29, 1.82) is 0 Å². The monoisotopic (exact) mass is 346 g/mol. The summed E-state index contributed by atoms with van der Waals surface area (Å²) in [6.07, 6.45) is 4.18. The molecule has 0 unspecified atom stereocenters. The van der Waals surface area contributed by atoms with E-state index in [2.05, 4.69) is 26.6 Å². The summed E-state index contributed by atoms with van der Waals surface area (Å²) in [5.41, 5.74) is 0.757. The normalized spacial score (nSPS) is 10.6. The summed E-state index contributed by atoms with van der Waals surface area (Å²) < 4.78 is 5.51. The second-order valence-electron chi connectivity index (χ2n) is 4.58. The van der Waals surface area contributed by atoms with Gasteiger partial charge in [0.2, 0.25) is 11.8 Å². The number of aromatic nitrogens is 3. The molecule has 3 rings (SSSR count). The molecule has 8 heteroatoms. The molecule has 0 radical (unpaired) electrons. The summed E-state index contributed by atoms with van der Waals surface area (Å²) in [5.74, 6) is 0.602. The molecule has 0 saturated carbocycles. The number of carbonyl (C=O) groups is 1. The second kappa shape index (κ2) is 7.89. The first-order valence-corrected chi connectivity index (χ1v) is 8.83. The first-order chi connectivity index (χ1) is 11.3. The van der Waals surface area contributed by atoms with E-state index in [0.717, 1.165) is 12.0 Å². The highest BCUT2D eigenvalue weighted by Gasteiger charge is 2.11. The maximum atomic E-state index is 11.8. The van der Waals surface area contributed by atoms with Gasteiger partial charge in [0.25, 0.3) is 5.22 Å². The Balaban J connectivity index is 1.43. The van der Waals surface area contributed by atoms with Gasteiger partial charge in [-0.25, -0.2) is 0 Å². The fourth-order valence-corrected chi connectivity index (χ4v) is 3.13. The maximum absolute atomic E-state index is 11.8. The molecule has 0 spiro atoms. The molecule has 0 aliphatic rings. The minimum absolute atomic E-state index is 0.0484. The van der Waals surface area contributed by atoms with E-state index in [0.29, 0.717) is 17.7 Å². The average Bonchev–Trinajstić information content (AvgIpc) is 3.25. The zero-order valence-electron chi connectivity index (χ0n) is 12.1. The molecule has 0 aliphatic carbocycles. The summed E-state index contributed by atoms with van der Waals surface area (Å²) in [5, 5.41) is 13.2. The molecular formula is C15H14N4O2S2. The largest absolute Gasteiger partial charge is 0.411 e. The van der Waals surface area contributed by atoms with Crippen LogP contribution in [0.1, 0.15) is 4.88 Å². The van der Waals surface area contributed by atoms with Crippen LogP contribution in [0.5, 0.6) is 0 Å². The fourth-order valence-electron chi connectivity index (χ4n) is 1.83. The highest BCUT2D eigenvalue weighted by molar-refractivity contribution is 7.99. The van der Waals surface area contributed by atoms with Gasteiger partial charge in [-0.05, 0) is 30.0 Å². The summed E-state index contributed by atoms with van der Waals surface area (Å²) in [4.78, 5) is 17.1. The van der Waals surface area contributed by atoms with E-state index in [1.807, 2.05) is 17.5 Å². The second-order valence-corrected chi connectivity index (χ2v) is 6.54. The van der Waals surface area contributed by atoms with E-state index in [4.69, 9.17) is 4.42 Å². The molecule has 3 heterocycles. The third-order valence-corrected chi connectivity index (χ3v) is 4.67. The Morgan fingerprint density at radius 2 is 2.26 bits per heavy atom. The van der Waals surface area contributed by atoms with Crippen LogP contribution in [0.2, 0.25) is 0 Å². The molecule has 3 aromatic rings. The van der Waals surface area contributed by atoms with Gasteiger partial charge in [0.15, 0.2) is 0 Å². The van der Waals surface area contributed by atoms with E-state index in [1.165, 1.54) is 16.6 Å². The molecule has 118 valence electrons. The number of amides is 1. The van der Waals surface area contributed by atoms with Crippen LogP contribution in [0.15, 0.2) is 51.7 Å². The lowest BCUT2D eigenvalue weighted by Crippen LogP contribution is -2.27. The summed E-state index contributed by atoms with van der Waals surface area (Å²) in [6.45, 7) is 0.630. The number of rotatable bonds is 7. The first kappa shape index (κ1) is 15.7. The maximum Gasteiger partial charge on any atom is 0.277 e. The Kier molecular flexibility index (Phi) is 5.38. The molecule has 3 aromatic heterocycles. The number of nitrogens with zero attached hydrogens (tertiary/aromatic N) is 3. The summed E-state index contributed by atoms with van der Waals surface area (Å²) in [6, 6.07) is 7.71. The Morgan fingerprint density at radius 3 is 3.04 bits per heavy atom. The van der Waals surface area contributed by atoms with Gasteiger partial charge >= 0.3 is 0 Å². The highest BCUT2D eigenvalue weighted by atomic mass is 32.2. The van der Waals surface area contributed by atoms with Crippen LogP contribution in [0.4, 0.5) is 0 Å².